The maximum atomic E-state index is 11.6. The first-order valence-electron chi connectivity index (χ1n) is 7.48. The zero-order chi connectivity index (χ0) is 16.8. The number of carboxylic acids is 1. The first kappa shape index (κ1) is 18.0. The van der Waals surface area contributed by atoms with Crippen molar-refractivity contribution in [3.8, 4) is 0 Å². The van der Waals surface area contributed by atoms with Gasteiger partial charge in [0.1, 0.15) is 5.60 Å². The van der Waals surface area contributed by atoms with E-state index in [4.69, 9.17) is 4.74 Å². The second-order valence-corrected chi connectivity index (χ2v) is 6.29. The quantitative estimate of drug-likeness (QED) is 0.847. The van der Waals surface area contributed by atoms with Gasteiger partial charge in [-0.3, -0.25) is 4.79 Å². The Morgan fingerprint density at radius 2 is 1.73 bits per heavy atom. The molecule has 22 heavy (non-hydrogen) atoms. The molecule has 2 N–H and O–H groups in total. The van der Waals surface area contributed by atoms with Crippen LogP contribution in [0.2, 0.25) is 0 Å². The van der Waals surface area contributed by atoms with Crippen molar-refractivity contribution in [1.82, 2.24) is 5.32 Å². The molecule has 5 heteroatoms. The molecule has 0 aliphatic carbocycles. The largest absolute Gasteiger partial charge is 0.481 e. The summed E-state index contributed by atoms with van der Waals surface area (Å²) in [5, 5.41) is 11.8. The van der Waals surface area contributed by atoms with Crippen molar-refractivity contribution in [3.05, 3.63) is 35.4 Å². The van der Waals surface area contributed by atoms with Gasteiger partial charge in [0, 0.05) is 6.54 Å². The number of nitrogens with one attached hydrogen (secondary N) is 1. The van der Waals surface area contributed by atoms with Gasteiger partial charge in [-0.1, -0.05) is 31.2 Å². The van der Waals surface area contributed by atoms with Crippen LogP contribution in [0.15, 0.2) is 24.3 Å². The fourth-order valence-corrected chi connectivity index (χ4v) is 1.96. The number of aliphatic carboxylic acids is 1. The monoisotopic (exact) mass is 307 g/mol. The lowest BCUT2D eigenvalue weighted by Gasteiger charge is -2.21. The van der Waals surface area contributed by atoms with Crippen LogP contribution in [0.25, 0.3) is 0 Å². The number of amides is 1. The third-order valence-electron chi connectivity index (χ3n) is 3.15. The van der Waals surface area contributed by atoms with Crippen LogP contribution < -0.4 is 5.32 Å². The van der Waals surface area contributed by atoms with Crippen molar-refractivity contribution in [2.75, 3.05) is 6.54 Å². The Balaban J connectivity index is 2.58. The lowest BCUT2D eigenvalue weighted by Crippen LogP contribution is -2.37. The standard InChI is InChI=1S/C17H25NO4/c1-5-12-6-8-13(9-7-12)10-14(15(19)20)11-18-16(21)22-17(2,3)4/h6-9,14H,5,10-11H2,1-4H3,(H,18,21)(H,19,20). The van der Waals surface area contributed by atoms with Gasteiger partial charge in [-0.2, -0.15) is 0 Å². The summed E-state index contributed by atoms with van der Waals surface area (Å²) >= 11 is 0. The van der Waals surface area contributed by atoms with E-state index >= 15 is 0 Å². The van der Waals surface area contributed by atoms with E-state index in [9.17, 15) is 14.7 Å². The van der Waals surface area contributed by atoms with E-state index in [1.807, 2.05) is 24.3 Å². The van der Waals surface area contributed by atoms with E-state index in [2.05, 4.69) is 12.2 Å². The van der Waals surface area contributed by atoms with Gasteiger partial charge >= 0.3 is 12.1 Å². The average Bonchev–Trinajstić information content (AvgIpc) is 2.41. The molecule has 1 rings (SSSR count). The second-order valence-electron chi connectivity index (χ2n) is 6.29. The van der Waals surface area contributed by atoms with Gasteiger partial charge in [0.25, 0.3) is 0 Å². The molecule has 0 aliphatic rings. The Labute approximate surface area is 131 Å². The van der Waals surface area contributed by atoms with Crippen molar-refractivity contribution in [2.24, 2.45) is 5.92 Å². The van der Waals surface area contributed by atoms with Crippen molar-refractivity contribution in [1.29, 1.82) is 0 Å². The number of alkyl carbamates (subject to hydrolysis) is 1. The van der Waals surface area contributed by atoms with Gasteiger partial charge in [0.15, 0.2) is 0 Å². The Bertz CT molecular complexity index is 502. The Kier molecular flexibility index (Phi) is 6.40. The minimum Gasteiger partial charge on any atom is -0.481 e. The topological polar surface area (TPSA) is 75.6 Å². The molecule has 1 aromatic carbocycles. The molecule has 0 saturated heterocycles. The summed E-state index contributed by atoms with van der Waals surface area (Å²) in [5.41, 5.74) is 1.55. The molecular weight excluding hydrogens is 282 g/mol. The summed E-state index contributed by atoms with van der Waals surface area (Å²) in [7, 11) is 0. The lowest BCUT2D eigenvalue weighted by molar-refractivity contribution is -0.141. The van der Waals surface area contributed by atoms with Gasteiger partial charge in [-0.05, 0) is 44.7 Å². The number of hydrogen-bond acceptors (Lipinski definition) is 3. The Hall–Kier alpha value is -2.04. The number of carbonyl (C=O) groups excluding carboxylic acids is 1. The number of aryl methyl sites for hydroxylation is 1. The van der Waals surface area contributed by atoms with Crippen LogP contribution in [0.4, 0.5) is 4.79 Å². The molecule has 0 aliphatic heterocycles. The van der Waals surface area contributed by atoms with E-state index in [-0.39, 0.29) is 6.54 Å². The van der Waals surface area contributed by atoms with Gasteiger partial charge in [-0.15, -0.1) is 0 Å². The Morgan fingerprint density at radius 3 is 2.18 bits per heavy atom. The highest BCUT2D eigenvalue weighted by atomic mass is 16.6. The van der Waals surface area contributed by atoms with Crippen molar-refractivity contribution < 1.29 is 19.4 Å². The molecule has 0 radical (unpaired) electrons. The van der Waals surface area contributed by atoms with E-state index in [1.54, 1.807) is 20.8 Å². The molecule has 0 saturated carbocycles. The first-order chi connectivity index (χ1) is 10.2. The maximum absolute atomic E-state index is 11.6. The van der Waals surface area contributed by atoms with Crippen LogP contribution in [0.5, 0.6) is 0 Å². The van der Waals surface area contributed by atoms with Crippen LogP contribution in [0.1, 0.15) is 38.8 Å². The van der Waals surface area contributed by atoms with E-state index in [0.29, 0.717) is 6.42 Å². The SMILES string of the molecule is CCc1ccc(CC(CNC(=O)OC(C)(C)C)C(=O)O)cc1. The number of benzene rings is 1. The van der Waals surface area contributed by atoms with Gasteiger partial charge in [0.2, 0.25) is 0 Å². The molecule has 0 fully saturated rings. The number of ether oxygens (including phenoxy) is 1. The summed E-state index contributed by atoms with van der Waals surface area (Å²) in [4.78, 5) is 22.9. The Morgan fingerprint density at radius 1 is 1.18 bits per heavy atom. The fourth-order valence-electron chi connectivity index (χ4n) is 1.96. The molecule has 122 valence electrons. The smallest absolute Gasteiger partial charge is 0.407 e. The number of hydrogen-bond donors (Lipinski definition) is 2. The predicted molar refractivity (Wildman–Crippen MR) is 84.9 cm³/mol. The highest BCUT2D eigenvalue weighted by Crippen LogP contribution is 2.12. The van der Waals surface area contributed by atoms with Crippen molar-refractivity contribution in [2.45, 2.75) is 46.1 Å². The van der Waals surface area contributed by atoms with Crippen LogP contribution in [-0.2, 0) is 22.4 Å². The van der Waals surface area contributed by atoms with Crippen LogP contribution in [0.3, 0.4) is 0 Å². The van der Waals surface area contributed by atoms with E-state index in [1.165, 1.54) is 5.56 Å². The molecule has 1 aromatic rings. The minimum atomic E-state index is -0.935. The zero-order valence-corrected chi connectivity index (χ0v) is 13.7. The van der Waals surface area contributed by atoms with Crippen LogP contribution in [-0.4, -0.2) is 29.3 Å². The molecule has 1 amide bonds. The zero-order valence-electron chi connectivity index (χ0n) is 13.7. The van der Waals surface area contributed by atoms with Crippen LogP contribution in [0, 0.1) is 5.92 Å². The predicted octanol–water partition coefficient (Wildman–Crippen LogP) is 3.02. The third kappa shape index (κ3) is 6.61. The van der Waals surface area contributed by atoms with E-state index in [0.717, 1.165) is 12.0 Å². The average molecular weight is 307 g/mol. The number of rotatable bonds is 6. The number of carbonyl (C=O) groups is 2. The summed E-state index contributed by atoms with van der Waals surface area (Å²) in [6, 6.07) is 7.86. The highest BCUT2D eigenvalue weighted by Gasteiger charge is 2.21. The highest BCUT2D eigenvalue weighted by molar-refractivity contribution is 5.73. The van der Waals surface area contributed by atoms with Crippen molar-refractivity contribution >= 4 is 12.1 Å². The molecule has 0 heterocycles. The van der Waals surface area contributed by atoms with Gasteiger partial charge in [0.05, 0.1) is 5.92 Å². The fraction of sp³-hybridized carbons (Fsp3) is 0.529. The second kappa shape index (κ2) is 7.82. The summed E-state index contributed by atoms with van der Waals surface area (Å²) < 4.78 is 5.11. The molecular formula is C17H25NO4. The molecule has 0 aromatic heterocycles. The molecule has 1 unspecified atom stereocenters. The maximum Gasteiger partial charge on any atom is 0.407 e. The molecule has 0 bridgehead atoms. The molecule has 5 nitrogen and oxygen atoms in total. The third-order valence-corrected chi connectivity index (χ3v) is 3.15. The van der Waals surface area contributed by atoms with Gasteiger partial charge in [-0.25, -0.2) is 4.79 Å². The number of carboxylic acid groups (broad SMARTS) is 1. The summed E-state index contributed by atoms with van der Waals surface area (Å²) in [6.07, 6.45) is 0.720. The first-order valence-corrected chi connectivity index (χ1v) is 7.48. The molecule has 1 atom stereocenters. The normalized spacial score (nSPS) is 12.5. The van der Waals surface area contributed by atoms with Gasteiger partial charge < -0.3 is 15.2 Å². The molecule has 0 spiro atoms. The van der Waals surface area contributed by atoms with E-state index < -0.39 is 23.6 Å². The summed E-state index contributed by atoms with van der Waals surface area (Å²) in [5.74, 6) is -1.62. The van der Waals surface area contributed by atoms with Crippen molar-refractivity contribution in [3.63, 3.8) is 0 Å². The van der Waals surface area contributed by atoms with Crippen LogP contribution >= 0.6 is 0 Å². The lowest BCUT2D eigenvalue weighted by atomic mass is 9.98. The minimum absolute atomic E-state index is 0.0414. The summed E-state index contributed by atoms with van der Waals surface area (Å²) in [6.45, 7) is 7.39.